The fraction of sp³-hybridized carbons (Fsp3) is 0.667. The van der Waals surface area contributed by atoms with Crippen molar-refractivity contribution in [3.63, 3.8) is 0 Å². The molecule has 0 atom stereocenters. The summed E-state index contributed by atoms with van der Waals surface area (Å²) in [6.07, 6.45) is 6.10. The number of rotatable bonds is 1. The third-order valence-electron chi connectivity index (χ3n) is 2.44. The standard InChI is InChI=1S/C9H14N2O/c1-11-5-4-10-9(11)8-2-6-12-7-3-8/h4-5,8H,2-3,6-7H2,1H3. The Morgan fingerprint density at radius 3 is 2.83 bits per heavy atom. The zero-order chi connectivity index (χ0) is 8.39. The Bertz CT molecular complexity index is 251. The Balaban J connectivity index is 2.13. The van der Waals surface area contributed by atoms with E-state index in [1.807, 2.05) is 12.4 Å². The molecule has 3 heteroatoms. The maximum Gasteiger partial charge on any atom is 0.111 e. The van der Waals surface area contributed by atoms with Crippen molar-refractivity contribution in [1.29, 1.82) is 0 Å². The molecule has 0 spiro atoms. The molecule has 1 fully saturated rings. The molecule has 0 radical (unpaired) electrons. The van der Waals surface area contributed by atoms with Gasteiger partial charge in [-0.1, -0.05) is 0 Å². The van der Waals surface area contributed by atoms with Crippen LogP contribution in [0.3, 0.4) is 0 Å². The molecule has 1 aromatic rings. The van der Waals surface area contributed by atoms with Crippen LogP contribution in [0.1, 0.15) is 24.6 Å². The van der Waals surface area contributed by atoms with E-state index in [1.54, 1.807) is 0 Å². The highest BCUT2D eigenvalue weighted by Gasteiger charge is 2.18. The largest absolute Gasteiger partial charge is 0.381 e. The minimum Gasteiger partial charge on any atom is -0.381 e. The van der Waals surface area contributed by atoms with Crippen LogP contribution in [-0.2, 0) is 11.8 Å². The summed E-state index contributed by atoms with van der Waals surface area (Å²) in [5.74, 6) is 1.82. The summed E-state index contributed by atoms with van der Waals surface area (Å²) in [6.45, 7) is 1.77. The fourth-order valence-corrected chi connectivity index (χ4v) is 1.73. The van der Waals surface area contributed by atoms with E-state index in [2.05, 4.69) is 16.6 Å². The monoisotopic (exact) mass is 166 g/mol. The SMILES string of the molecule is Cn1ccnc1C1CCOCC1. The smallest absolute Gasteiger partial charge is 0.111 e. The summed E-state index contributed by atoms with van der Waals surface area (Å²) in [6, 6.07) is 0. The molecule has 66 valence electrons. The molecule has 0 bridgehead atoms. The Labute approximate surface area is 72.4 Å². The topological polar surface area (TPSA) is 27.1 Å². The van der Waals surface area contributed by atoms with Crippen molar-refractivity contribution in [1.82, 2.24) is 9.55 Å². The van der Waals surface area contributed by atoms with E-state index in [4.69, 9.17) is 4.74 Å². The van der Waals surface area contributed by atoms with Crippen molar-refractivity contribution in [2.24, 2.45) is 7.05 Å². The molecule has 1 saturated heterocycles. The molecule has 3 nitrogen and oxygen atoms in total. The zero-order valence-corrected chi connectivity index (χ0v) is 7.36. The molecule has 2 heterocycles. The number of aromatic nitrogens is 2. The van der Waals surface area contributed by atoms with E-state index >= 15 is 0 Å². The van der Waals surface area contributed by atoms with Crippen LogP contribution in [0.4, 0.5) is 0 Å². The van der Waals surface area contributed by atoms with Gasteiger partial charge < -0.3 is 9.30 Å². The first-order valence-electron chi connectivity index (χ1n) is 4.43. The molecular formula is C9H14N2O. The lowest BCUT2D eigenvalue weighted by atomic mass is 10.00. The van der Waals surface area contributed by atoms with Gasteiger partial charge in [0.2, 0.25) is 0 Å². The zero-order valence-electron chi connectivity index (χ0n) is 7.36. The lowest BCUT2D eigenvalue weighted by molar-refractivity contribution is 0.0830. The predicted octanol–water partition coefficient (Wildman–Crippen LogP) is 1.31. The normalized spacial score (nSPS) is 19.8. The van der Waals surface area contributed by atoms with Gasteiger partial charge in [-0.05, 0) is 12.8 Å². The minimum absolute atomic E-state index is 0.610. The van der Waals surface area contributed by atoms with E-state index in [1.165, 1.54) is 5.82 Å². The number of ether oxygens (including phenoxy) is 1. The summed E-state index contributed by atoms with van der Waals surface area (Å²) in [4.78, 5) is 4.35. The molecule has 1 aliphatic heterocycles. The second-order valence-electron chi connectivity index (χ2n) is 3.28. The highest BCUT2D eigenvalue weighted by Crippen LogP contribution is 2.24. The van der Waals surface area contributed by atoms with Crippen LogP contribution in [0.25, 0.3) is 0 Å². The van der Waals surface area contributed by atoms with Gasteiger partial charge in [-0.3, -0.25) is 0 Å². The lowest BCUT2D eigenvalue weighted by Gasteiger charge is -2.21. The van der Waals surface area contributed by atoms with Crippen LogP contribution in [0, 0.1) is 0 Å². The Morgan fingerprint density at radius 1 is 1.50 bits per heavy atom. The van der Waals surface area contributed by atoms with E-state index in [0.717, 1.165) is 26.1 Å². The minimum atomic E-state index is 0.610. The molecule has 0 aliphatic carbocycles. The molecular weight excluding hydrogens is 152 g/mol. The van der Waals surface area contributed by atoms with E-state index < -0.39 is 0 Å². The molecule has 0 amide bonds. The maximum atomic E-state index is 5.30. The highest BCUT2D eigenvalue weighted by molar-refractivity contribution is 5.00. The Hall–Kier alpha value is -0.830. The summed E-state index contributed by atoms with van der Waals surface area (Å²) >= 11 is 0. The van der Waals surface area contributed by atoms with Crippen LogP contribution in [0.5, 0.6) is 0 Å². The van der Waals surface area contributed by atoms with Gasteiger partial charge in [-0.2, -0.15) is 0 Å². The van der Waals surface area contributed by atoms with E-state index in [9.17, 15) is 0 Å². The van der Waals surface area contributed by atoms with Crippen LogP contribution in [0.2, 0.25) is 0 Å². The first-order valence-corrected chi connectivity index (χ1v) is 4.43. The van der Waals surface area contributed by atoms with Crippen molar-refractivity contribution in [3.8, 4) is 0 Å². The van der Waals surface area contributed by atoms with E-state index in [0.29, 0.717) is 5.92 Å². The summed E-state index contributed by atoms with van der Waals surface area (Å²) < 4.78 is 7.41. The predicted molar refractivity (Wildman–Crippen MR) is 46.0 cm³/mol. The number of hydrogen-bond donors (Lipinski definition) is 0. The van der Waals surface area contributed by atoms with Gasteiger partial charge in [0.1, 0.15) is 5.82 Å². The van der Waals surface area contributed by atoms with Crippen LogP contribution >= 0.6 is 0 Å². The molecule has 1 aliphatic rings. The van der Waals surface area contributed by atoms with Crippen molar-refractivity contribution in [2.45, 2.75) is 18.8 Å². The first kappa shape index (κ1) is 7.80. The van der Waals surface area contributed by atoms with Crippen molar-refractivity contribution in [2.75, 3.05) is 13.2 Å². The Morgan fingerprint density at radius 2 is 2.25 bits per heavy atom. The van der Waals surface area contributed by atoms with Crippen molar-refractivity contribution < 1.29 is 4.74 Å². The van der Waals surface area contributed by atoms with Crippen LogP contribution < -0.4 is 0 Å². The van der Waals surface area contributed by atoms with Crippen LogP contribution in [0.15, 0.2) is 12.4 Å². The van der Waals surface area contributed by atoms with Gasteiger partial charge >= 0.3 is 0 Å². The van der Waals surface area contributed by atoms with E-state index in [-0.39, 0.29) is 0 Å². The number of hydrogen-bond acceptors (Lipinski definition) is 2. The molecule has 0 aromatic carbocycles. The quantitative estimate of drug-likeness (QED) is 0.629. The molecule has 12 heavy (non-hydrogen) atoms. The highest BCUT2D eigenvalue weighted by atomic mass is 16.5. The maximum absolute atomic E-state index is 5.30. The number of nitrogens with zero attached hydrogens (tertiary/aromatic N) is 2. The third kappa shape index (κ3) is 1.37. The molecule has 0 N–H and O–H groups in total. The van der Waals surface area contributed by atoms with Gasteiger partial charge in [-0.25, -0.2) is 4.98 Å². The molecule has 0 unspecified atom stereocenters. The van der Waals surface area contributed by atoms with Crippen molar-refractivity contribution in [3.05, 3.63) is 18.2 Å². The number of aryl methyl sites for hydroxylation is 1. The van der Waals surface area contributed by atoms with Gasteiger partial charge in [0.25, 0.3) is 0 Å². The summed E-state index contributed by atoms with van der Waals surface area (Å²) in [5, 5.41) is 0. The summed E-state index contributed by atoms with van der Waals surface area (Å²) in [5.41, 5.74) is 0. The fourth-order valence-electron chi connectivity index (χ4n) is 1.73. The van der Waals surface area contributed by atoms with Crippen LogP contribution in [-0.4, -0.2) is 22.8 Å². The molecule has 1 aromatic heterocycles. The molecule has 2 rings (SSSR count). The van der Waals surface area contributed by atoms with Gasteiger partial charge in [0.05, 0.1) is 0 Å². The number of imidazole rings is 1. The Kier molecular flexibility index (Phi) is 2.13. The second-order valence-corrected chi connectivity index (χ2v) is 3.28. The summed E-state index contributed by atoms with van der Waals surface area (Å²) in [7, 11) is 2.05. The average molecular weight is 166 g/mol. The average Bonchev–Trinajstić information content (AvgIpc) is 2.53. The van der Waals surface area contributed by atoms with Gasteiger partial charge in [-0.15, -0.1) is 0 Å². The first-order chi connectivity index (χ1) is 5.88. The molecule has 0 saturated carbocycles. The van der Waals surface area contributed by atoms with Crippen molar-refractivity contribution >= 4 is 0 Å². The third-order valence-corrected chi connectivity index (χ3v) is 2.44. The lowest BCUT2D eigenvalue weighted by Crippen LogP contribution is -2.16. The van der Waals surface area contributed by atoms with Gasteiger partial charge in [0, 0.05) is 38.6 Å². The van der Waals surface area contributed by atoms with Gasteiger partial charge in [0.15, 0.2) is 0 Å². The second kappa shape index (κ2) is 3.27.